The van der Waals surface area contributed by atoms with E-state index in [1.807, 2.05) is 27.7 Å². The smallest absolute Gasteiger partial charge is 0.399 e. The fourth-order valence-electron chi connectivity index (χ4n) is 2.03. The number of aromatic nitrogens is 1. The van der Waals surface area contributed by atoms with Crippen molar-refractivity contribution in [2.45, 2.75) is 45.3 Å². The predicted octanol–water partition coefficient (Wildman–Crippen LogP) is 2.25. The maximum Gasteiger partial charge on any atom is 0.498 e. The van der Waals surface area contributed by atoms with E-state index in [2.05, 4.69) is 11.6 Å². The van der Waals surface area contributed by atoms with Gasteiger partial charge in [-0.2, -0.15) is 0 Å². The fourth-order valence-corrected chi connectivity index (χ4v) is 2.03. The van der Waals surface area contributed by atoms with E-state index < -0.39 is 24.1 Å². The van der Waals surface area contributed by atoms with Gasteiger partial charge in [-0.1, -0.05) is 6.08 Å². The first-order valence-electron chi connectivity index (χ1n) is 6.37. The Morgan fingerprint density at radius 1 is 1.26 bits per heavy atom. The van der Waals surface area contributed by atoms with Gasteiger partial charge in [0.05, 0.1) is 17.4 Å². The topological polar surface area (TPSA) is 31.4 Å². The average molecular weight is 263 g/mol. The lowest BCUT2D eigenvalue weighted by atomic mass is 9.75. The molecule has 5 heteroatoms. The maximum absolute atomic E-state index is 14.1. The van der Waals surface area contributed by atoms with E-state index in [-0.39, 0.29) is 0 Å². The van der Waals surface area contributed by atoms with Gasteiger partial charge in [0.15, 0.2) is 0 Å². The fraction of sp³-hybridized carbons (Fsp3) is 0.500. The number of rotatable bonds is 3. The molecule has 0 bridgehead atoms. The lowest BCUT2D eigenvalue weighted by molar-refractivity contribution is 0.00578. The molecule has 1 aliphatic rings. The first-order chi connectivity index (χ1) is 8.78. The Bertz CT molecular complexity index is 486. The summed E-state index contributed by atoms with van der Waals surface area (Å²) in [6, 6.07) is 0. The minimum Gasteiger partial charge on any atom is -0.399 e. The molecule has 0 atom stereocenters. The minimum atomic E-state index is -0.706. The van der Waals surface area contributed by atoms with Gasteiger partial charge in [-0.25, -0.2) is 4.39 Å². The molecule has 1 saturated heterocycles. The van der Waals surface area contributed by atoms with Gasteiger partial charge < -0.3 is 9.31 Å². The molecule has 0 amide bonds. The molecule has 19 heavy (non-hydrogen) atoms. The molecule has 1 fully saturated rings. The first-order valence-corrected chi connectivity index (χ1v) is 6.37. The molecule has 1 aromatic rings. The van der Waals surface area contributed by atoms with E-state index in [9.17, 15) is 4.39 Å². The molecule has 0 spiro atoms. The summed E-state index contributed by atoms with van der Waals surface area (Å²) in [5.41, 5.74) is 0.194. The number of pyridine rings is 1. The van der Waals surface area contributed by atoms with Gasteiger partial charge in [-0.05, 0) is 39.7 Å². The standard InChI is InChI=1S/C14H19BFNO2/c1-6-7-10-8-17-9-11(16)12(10)15-18-13(2,3)14(4,5)19-15/h6,8-9H,1,7H2,2-5H3. The Balaban J connectivity index is 2.41. The number of allylic oxidation sites excluding steroid dienone is 1. The number of hydrogen-bond acceptors (Lipinski definition) is 3. The lowest BCUT2D eigenvalue weighted by Crippen LogP contribution is -2.41. The van der Waals surface area contributed by atoms with Gasteiger partial charge in [0.1, 0.15) is 5.82 Å². The molecule has 1 aromatic heterocycles. The van der Waals surface area contributed by atoms with Crippen LogP contribution in [-0.4, -0.2) is 23.3 Å². The van der Waals surface area contributed by atoms with Crippen LogP contribution in [-0.2, 0) is 15.7 Å². The summed E-state index contributed by atoms with van der Waals surface area (Å²) in [7, 11) is -0.706. The number of nitrogens with zero attached hydrogens (tertiary/aromatic N) is 1. The third-order valence-electron chi connectivity index (χ3n) is 3.87. The van der Waals surface area contributed by atoms with Crippen LogP contribution in [0.2, 0.25) is 0 Å². The summed E-state index contributed by atoms with van der Waals surface area (Å²) in [6.45, 7) is 11.5. The highest BCUT2D eigenvalue weighted by Gasteiger charge is 2.52. The minimum absolute atomic E-state index is 0.405. The summed E-state index contributed by atoms with van der Waals surface area (Å²) in [5.74, 6) is -0.405. The Kier molecular flexibility index (Phi) is 3.54. The Labute approximate surface area is 114 Å². The second kappa shape index (κ2) is 4.73. The third kappa shape index (κ3) is 2.45. The van der Waals surface area contributed by atoms with Crippen molar-refractivity contribution in [1.82, 2.24) is 4.98 Å². The highest BCUT2D eigenvalue weighted by atomic mass is 19.1. The highest BCUT2D eigenvalue weighted by Crippen LogP contribution is 2.36. The van der Waals surface area contributed by atoms with Crippen molar-refractivity contribution in [1.29, 1.82) is 0 Å². The third-order valence-corrected chi connectivity index (χ3v) is 3.87. The van der Waals surface area contributed by atoms with E-state index >= 15 is 0 Å². The summed E-state index contributed by atoms with van der Waals surface area (Å²) in [4.78, 5) is 3.87. The molecule has 1 aliphatic heterocycles. The zero-order chi connectivity index (χ0) is 14.3. The van der Waals surface area contributed by atoms with Crippen LogP contribution in [0.5, 0.6) is 0 Å². The molecular weight excluding hydrogens is 244 g/mol. The van der Waals surface area contributed by atoms with Crippen LogP contribution in [0.15, 0.2) is 25.0 Å². The van der Waals surface area contributed by atoms with E-state index in [0.29, 0.717) is 11.9 Å². The summed E-state index contributed by atoms with van der Waals surface area (Å²) in [6.07, 6.45) is 5.06. The summed E-state index contributed by atoms with van der Waals surface area (Å²) >= 11 is 0. The van der Waals surface area contributed by atoms with Gasteiger partial charge >= 0.3 is 7.12 Å². The van der Waals surface area contributed by atoms with Gasteiger partial charge in [0, 0.05) is 11.7 Å². The maximum atomic E-state index is 14.1. The monoisotopic (exact) mass is 263 g/mol. The molecule has 3 nitrogen and oxygen atoms in total. The quantitative estimate of drug-likeness (QED) is 0.619. The second-order valence-corrected chi connectivity index (χ2v) is 5.78. The predicted molar refractivity (Wildman–Crippen MR) is 73.8 cm³/mol. The van der Waals surface area contributed by atoms with Gasteiger partial charge in [-0.3, -0.25) is 4.98 Å². The largest absolute Gasteiger partial charge is 0.498 e. The SMILES string of the molecule is C=CCc1cncc(F)c1B1OC(C)(C)C(C)(C)O1. The number of hydrogen-bond donors (Lipinski definition) is 0. The van der Waals surface area contributed by atoms with Crippen LogP contribution in [0, 0.1) is 5.82 Å². The molecule has 2 heterocycles. The zero-order valence-electron chi connectivity index (χ0n) is 11.9. The van der Waals surface area contributed by atoms with E-state index in [1.165, 1.54) is 6.20 Å². The molecule has 0 radical (unpaired) electrons. The van der Waals surface area contributed by atoms with Crippen molar-refractivity contribution in [2.75, 3.05) is 0 Å². The van der Waals surface area contributed by atoms with Crippen molar-refractivity contribution in [2.24, 2.45) is 0 Å². The van der Waals surface area contributed by atoms with Crippen LogP contribution in [0.3, 0.4) is 0 Å². The van der Waals surface area contributed by atoms with Crippen LogP contribution >= 0.6 is 0 Å². The molecule has 0 aliphatic carbocycles. The van der Waals surface area contributed by atoms with Crippen LogP contribution in [0.4, 0.5) is 4.39 Å². The zero-order valence-corrected chi connectivity index (χ0v) is 11.9. The first kappa shape index (κ1) is 14.2. The molecule has 0 unspecified atom stereocenters. The molecular formula is C14H19BFNO2. The molecule has 102 valence electrons. The van der Waals surface area contributed by atoms with Gasteiger partial charge in [0.2, 0.25) is 0 Å². The summed E-state index contributed by atoms with van der Waals surface area (Å²) in [5, 5.41) is 0. The van der Waals surface area contributed by atoms with Gasteiger partial charge in [-0.15, -0.1) is 6.58 Å². The molecule has 0 saturated carbocycles. The Hall–Kier alpha value is -1.20. The second-order valence-electron chi connectivity index (χ2n) is 5.78. The van der Waals surface area contributed by atoms with Crippen molar-refractivity contribution in [3.05, 3.63) is 36.4 Å². The van der Waals surface area contributed by atoms with Crippen LogP contribution < -0.4 is 5.46 Å². The van der Waals surface area contributed by atoms with E-state index in [0.717, 1.165) is 5.56 Å². The average Bonchev–Trinajstić information content (AvgIpc) is 2.48. The van der Waals surface area contributed by atoms with E-state index in [1.54, 1.807) is 12.3 Å². The lowest BCUT2D eigenvalue weighted by Gasteiger charge is -2.32. The van der Waals surface area contributed by atoms with Crippen molar-refractivity contribution < 1.29 is 13.7 Å². The van der Waals surface area contributed by atoms with Crippen molar-refractivity contribution in [3.8, 4) is 0 Å². The normalized spacial score (nSPS) is 20.6. The van der Waals surface area contributed by atoms with Crippen molar-refractivity contribution in [3.63, 3.8) is 0 Å². The molecule has 2 rings (SSSR count). The summed E-state index contributed by atoms with van der Waals surface area (Å²) < 4.78 is 25.9. The molecule has 0 aromatic carbocycles. The number of halogens is 1. The van der Waals surface area contributed by atoms with E-state index in [4.69, 9.17) is 9.31 Å². The Morgan fingerprint density at radius 3 is 2.37 bits per heavy atom. The highest BCUT2D eigenvalue weighted by molar-refractivity contribution is 6.62. The molecule has 0 N–H and O–H groups in total. The Morgan fingerprint density at radius 2 is 1.84 bits per heavy atom. The van der Waals surface area contributed by atoms with Crippen LogP contribution in [0.1, 0.15) is 33.3 Å². The van der Waals surface area contributed by atoms with Crippen LogP contribution in [0.25, 0.3) is 0 Å². The van der Waals surface area contributed by atoms with Crippen molar-refractivity contribution >= 4 is 12.6 Å². The van der Waals surface area contributed by atoms with Gasteiger partial charge in [0.25, 0.3) is 0 Å².